The van der Waals surface area contributed by atoms with Gasteiger partial charge in [0.2, 0.25) is 5.91 Å². The minimum atomic E-state index is 0.0114. The molecule has 1 aliphatic heterocycles. The number of ether oxygens (including phenoxy) is 1. The molecule has 1 rings (SSSR count). The van der Waals surface area contributed by atoms with Crippen LogP contribution in [0.4, 0.5) is 0 Å². The van der Waals surface area contributed by atoms with E-state index in [9.17, 15) is 9.59 Å². The van der Waals surface area contributed by atoms with E-state index in [2.05, 4.69) is 43.2 Å². The third kappa shape index (κ3) is 33.4. The fraction of sp³-hybridized carbons (Fsp3) is 0.920. The maximum absolute atomic E-state index is 12.5. The predicted octanol–water partition coefficient (Wildman–Crippen LogP) is 14.2. The normalized spacial score (nSPS) is 13.5. The lowest BCUT2D eigenvalue weighted by atomic mass is 9.89. The molecule has 0 fully saturated rings. The summed E-state index contributed by atoms with van der Waals surface area (Å²) in [7, 11) is 0. The molecule has 0 aromatic rings. The first-order valence-corrected chi connectivity index (χ1v) is 25.2. The third-order valence-corrected chi connectivity index (χ3v) is 12.3. The largest absolute Gasteiger partial charge is 0.462 e. The van der Waals surface area contributed by atoms with Crippen LogP contribution in [0.25, 0.3) is 0 Å². The standard InChI is InChI=1S/C50H97N3O3/c1-5-9-12-15-20-27-35-46(36-28-21-16-13-10-6-2)37-29-22-18-25-32-41-53(43-34-40-51-47-44-49(54)52-45-47)42-33-26-19-24-31-39-50(55)56-48(8-4)38-30-23-17-14-11-7-3/h44,46,48,51H,5-43,45H2,1-4H3,(H,52,54). The van der Waals surface area contributed by atoms with E-state index in [1.54, 1.807) is 6.08 Å². The fourth-order valence-corrected chi connectivity index (χ4v) is 8.48. The highest BCUT2D eigenvalue weighted by Crippen LogP contribution is 2.25. The summed E-state index contributed by atoms with van der Waals surface area (Å²) < 4.78 is 5.83. The number of carbonyl (C=O) groups is 2. The lowest BCUT2D eigenvalue weighted by Crippen LogP contribution is -2.30. The fourth-order valence-electron chi connectivity index (χ4n) is 8.48. The minimum Gasteiger partial charge on any atom is -0.462 e. The van der Waals surface area contributed by atoms with Crippen molar-refractivity contribution in [1.29, 1.82) is 0 Å². The number of hydrogen-bond acceptors (Lipinski definition) is 5. The molecule has 1 heterocycles. The van der Waals surface area contributed by atoms with Crippen molar-refractivity contribution in [2.75, 3.05) is 32.7 Å². The van der Waals surface area contributed by atoms with Gasteiger partial charge in [-0.15, -0.1) is 0 Å². The highest BCUT2D eigenvalue weighted by atomic mass is 16.5. The smallest absolute Gasteiger partial charge is 0.306 e. The predicted molar refractivity (Wildman–Crippen MR) is 243 cm³/mol. The molecule has 0 aromatic carbocycles. The van der Waals surface area contributed by atoms with Gasteiger partial charge in [0.1, 0.15) is 6.10 Å². The molecule has 1 atom stereocenters. The number of nitrogens with one attached hydrogen (secondary N) is 2. The van der Waals surface area contributed by atoms with E-state index in [-0.39, 0.29) is 18.0 Å². The molecule has 6 heteroatoms. The molecule has 0 radical (unpaired) electrons. The number of hydrogen-bond donors (Lipinski definition) is 2. The van der Waals surface area contributed by atoms with Gasteiger partial charge in [-0.2, -0.15) is 0 Å². The summed E-state index contributed by atoms with van der Waals surface area (Å²) in [6.07, 6.45) is 47.2. The van der Waals surface area contributed by atoms with Gasteiger partial charge in [0.25, 0.3) is 0 Å². The second-order valence-corrected chi connectivity index (χ2v) is 17.6. The van der Waals surface area contributed by atoms with Gasteiger partial charge >= 0.3 is 5.97 Å². The molecule has 1 unspecified atom stereocenters. The van der Waals surface area contributed by atoms with Gasteiger partial charge in [-0.1, -0.05) is 201 Å². The lowest BCUT2D eigenvalue weighted by molar-refractivity contribution is -0.149. The topological polar surface area (TPSA) is 70.7 Å². The number of amides is 1. The van der Waals surface area contributed by atoms with E-state index < -0.39 is 0 Å². The summed E-state index contributed by atoms with van der Waals surface area (Å²) >= 11 is 0. The van der Waals surface area contributed by atoms with Crippen LogP contribution in [0, 0.1) is 5.92 Å². The molecule has 330 valence electrons. The van der Waals surface area contributed by atoms with Crippen LogP contribution >= 0.6 is 0 Å². The molecule has 6 nitrogen and oxygen atoms in total. The number of carbonyl (C=O) groups excluding carboxylic acids is 2. The number of unbranched alkanes of at least 4 members (excludes halogenated alkanes) is 23. The molecular weight excluding hydrogens is 691 g/mol. The summed E-state index contributed by atoms with van der Waals surface area (Å²) in [6, 6.07) is 0. The van der Waals surface area contributed by atoms with Crippen LogP contribution in [0.2, 0.25) is 0 Å². The Morgan fingerprint density at radius 1 is 0.589 bits per heavy atom. The molecule has 0 spiro atoms. The average Bonchev–Trinajstić information content (AvgIpc) is 3.62. The molecule has 0 aromatic heterocycles. The summed E-state index contributed by atoms with van der Waals surface area (Å²) in [5.74, 6) is 0.996. The van der Waals surface area contributed by atoms with Crippen molar-refractivity contribution in [2.24, 2.45) is 5.92 Å². The van der Waals surface area contributed by atoms with Crippen LogP contribution in [0.1, 0.15) is 252 Å². The van der Waals surface area contributed by atoms with Gasteiger partial charge in [-0.05, 0) is 70.5 Å². The van der Waals surface area contributed by atoms with Gasteiger partial charge in [-0.3, -0.25) is 9.59 Å². The summed E-state index contributed by atoms with van der Waals surface area (Å²) in [5, 5.41) is 6.32. The SMILES string of the molecule is CCCCCCCCC(CCCCCCCC)CCCCCCCN(CCCCCCCC(=O)OC(CC)CCCCCCCC)CCCNC1=CC(=O)NC1. The molecule has 0 aliphatic carbocycles. The summed E-state index contributed by atoms with van der Waals surface area (Å²) in [6.45, 7) is 14.1. The number of rotatable bonds is 44. The first-order valence-electron chi connectivity index (χ1n) is 25.2. The van der Waals surface area contributed by atoms with E-state index in [1.807, 2.05) is 0 Å². The third-order valence-electron chi connectivity index (χ3n) is 12.3. The zero-order valence-electron chi connectivity index (χ0n) is 38.2. The Balaban J connectivity index is 2.33. The second kappa shape index (κ2) is 40.2. The van der Waals surface area contributed by atoms with Gasteiger partial charge in [0.05, 0.1) is 6.54 Å². The van der Waals surface area contributed by atoms with Crippen LogP contribution in [-0.2, 0) is 14.3 Å². The Hall–Kier alpha value is -1.56. The number of nitrogens with zero attached hydrogens (tertiary/aromatic N) is 1. The van der Waals surface area contributed by atoms with Crippen LogP contribution in [0.3, 0.4) is 0 Å². The van der Waals surface area contributed by atoms with E-state index >= 15 is 0 Å². The quantitative estimate of drug-likeness (QED) is 0.0475. The van der Waals surface area contributed by atoms with Gasteiger partial charge in [0, 0.05) is 24.7 Å². The van der Waals surface area contributed by atoms with Crippen molar-refractivity contribution >= 4 is 11.9 Å². The molecule has 0 saturated heterocycles. The zero-order valence-corrected chi connectivity index (χ0v) is 38.2. The maximum Gasteiger partial charge on any atom is 0.306 e. The molecule has 1 amide bonds. The van der Waals surface area contributed by atoms with Crippen molar-refractivity contribution in [1.82, 2.24) is 15.5 Å². The van der Waals surface area contributed by atoms with Crippen LogP contribution in [0.15, 0.2) is 11.8 Å². The van der Waals surface area contributed by atoms with Gasteiger partial charge in [0.15, 0.2) is 0 Å². The zero-order chi connectivity index (χ0) is 40.6. The highest BCUT2D eigenvalue weighted by Gasteiger charge is 2.14. The van der Waals surface area contributed by atoms with Crippen LogP contribution < -0.4 is 10.6 Å². The van der Waals surface area contributed by atoms with Crippen molar-refractivity contribution in [3.8, 4) is 0 Å². The molecule has 1 aliphatic rings. The first-order chi connectivity index (χ1) is 27.5. The van der Waals surface area contributed by atoms with E-state index in [4.69, 9.17) is 4.74 Å². The molecule has 0 bridgehead atoms. The highest BCUT2D eigenvalue weighted by molar-refractivity contribution is 5.90. The van der Waals surface area contributed by atoms with E-state index in [1.165, 1.54) is 199 Å². The molecule has 0 saturated carbocycles. The van der Waals surface area contributed by atoms with Crippen molar-refractivity contribution in [3.63, 3.8) is 0 Å². The Morgan fingerprint density at radius 3 is 1.48 bits per heavy atom. The minimum absolute atomic E-state index is 0.0114. The van der Waals surface area contributed by atoms with Crippen molar-refractivity contribution in [3.05, 3.63) is 11.8 Å². The summed E-state index contributed by atoms with van der Waals surface area (Å²) in [5.41, 5.74) is 1.02. The van der Waals surface area contributed by atoms with Crippen LogP contribution in [0.5, 0.6) is 0 Å². The Kier molecular flexibility index (Phi) is 37.7. The Morgan fingerprint density at radius 2 is 1.02 bits per heavy atom. The van der Waals surface area contributed by atoms with Gasteiger partial charge in [-0.25, -0.2) is 0 Å². The Labute approximate surface area is 349 Å². The summed E-state index contributed by atoms with van der Waals surface area (Å²) in [4.78, 5) is 26.7. The van der Waals surface area contributed by atoms with Crippen LogP contribution in [-0.4, -0.2) is 55.6 Å². The van der Waals surface area contributed by atoms with Crippen molar-refractivity contribution < 1.29 is 14.3 Å². The van der Waals surface area contributed by atoms with Crippen molar-refractivity contribution in [2.45, 2.75) is 259 Å². The molecule has 2 N–H and O–H groups in total. The van der Waals surface area contributed by atoms with E-state index in [0.717, 1.165) is 56.8 Å². The number of esters is 1. The first kappa shape index (κ1) is 52.5. The maximum atomic E-state index is 12.5. The lowest BCUT2D eigenvalue weighted by Gasteiger charge is -2.23. The van der Waals surface area contributed by atoms with Gasteiger partial charge < -0.3 is 20.3 Å². The monoisotopic (exact) mass is 788 g/mol. The molecule has 56 heavy (non-hydrogen) atoms. The second-order valence-electron chi connectivity index (χ2n) is 17.6. The van der Waals surface area contributed by atoms with E-state index in [0.29, 0.717) is 13.0 Å². The average molecular weight is 788 g/mol. The molecular formula is C50H97N3O3. The Bertz CT molecular complexity index is 892.